The van der Waals surface area contributed by atoms with E-state index >= 15 is 0 Å². The van der Waals surface area contributed by atoms with Crippen molar-refractivity contribution < 1.29 is 42.8 Å². The molecular weight excluding hydrogens is 457 g/mol. The first kappa shape index (κ1) is 25.7. The molecule has 0 unspecified atom stereocenters. The SMILES string of the molecule is CC(=O)OCCO[C@H]1[C@H](OC(C)=O)[C@@H](OC(C)=O)[C@@H](OC(=N)C(Cl)(Cl)Cl)O[C@@H]1C. The van der Waals surface area contributed by atoms with E-state index in [1.165, 1.54) is 6.92 Å². The van der Waals surface area contributed by atoms with Crippen LogP contribution in [0.15, 0.2) is 0 Å². The van der Waals surface area contributed by atoms with Gasteiger partial charge in [0.2, 0.25) is 18.3 Å². The molecule has 0 bridgehead atoms. The molecule has 1 saturated heterocycles. The minimum atomic E-state index is -2.19. The zero-order valence-electron chi connectivity index (χ0n) is 16.1. The third kappa shape index (κ3) is 8.51. The van der Waals surface area contributed by atoms with Crippen LogP contribution in [-0.2, 0) is 42.8 Å². The highest BCUT2D eigenvalue weighted by Crippen LogP contribution is 2.33. The lowest BCUT2D eigenvalue weighted by Gasteiger charge is -2.43. The van der Waals surface area contributed by atoms with Gasteiger partial charge in [0.05, 0.1) is 12.7 Å². The van der Waals surface area contributed by atoms with Crippen LogP contribution in [0.5, 0.6) is 0 Å². The summed E-state index contributed by atoms with van der Waals surface area (Å²) in [5.74, 6) is -2.70. The van der Waals surface area contributed by atoms with Gasteiger partial charge in [0.15, 0.2) is 6.10 Å². The van der Waals surface area contributed by atoms with Crippen LogP contribution >= 0.6 is 34.8 Å². The van der Waals surface area contributed by atoms with Crippen LogP contribution < -0.4 is 0 Å². The highest BCUT2D eigenvalue weighted by molar-refractivity contribution is 6.76. The van der Waals surface area contributed by atoms with E-state index in [1.807, 2.05) is 0 Å². The van der Waals surface area contributed by atoms with Crippen LogP contribution in [0, 0.1) is 5.41 Å². The van der Waals surface area contributed by atoms with Crippen molar-refractivity contribution in [1.82, 2.24) is 0 Å². The first-order valence-electron chi connectivity index (χ1n) is 8.40. The summed E-state index contributed by atoms with van der Waals surface area (Å²) >= 11 is 16.9. The molecule has 0 amide bonds. The number of carbonyl (C=O) groups excluding carboxylic acids is 3. The number of halogens is 3. The summed E-state index contributed by atoms with van der Waals surface area (Å²) in [4.78, 5) is 34.1. The Morgan fingerprint density at radius 3 is 1.93 bits per heavy atom. The van der Waals surface area contributed by atoms with Gasteiger partial charge in [-0.3, -0.25) is 19.8 Å². The van der Waals surface area contributed by atoms with E-state index in [2.05, 4.69) is 0 Å². The molecule has 0 spiro atoms. The molecule has 0 aliphatic carbocycles. The summed E-state index contributed by atoms with van der Waals surface area (Å²) in [6.07, 6.45) is -5.61. The lowest BCUT2D eigenvalue weighted by atomic mass is 9.99. The number of esters is 3. The molecule has 0 aromatic carbocycles. The molecule has 0 radical (unpaired) electrons. The highest BCUT2D eigenvalue weighted by Gasteiger charge is 2.51. The molecule has 0 saturated carbocycles. The maximum atomic E-state index is 11.6. The van der Waals surface area contributed by atoms with Crippen molar-refractivity contribution in [3.05, 3.63) is 0 Å². The fraction of sp³-hybridized carbons (Fsp3) is 0.750. The summed E-state index contributed by atoms with van der Waals surface area (Å²) in [7, 11) is 0. The van der Waals surface area contributed by atoms with Gasteiger partial charge < -0.3 is 28.4 Å². The van der Waals surface area contributed by atoms with Gasteiger partial charge in [-0.2, -0.15) is 0 Å². The Morgan fingerprint density at radius 2 is 1.45 bits per heavy atom. The van der Waals surface area contributed by atoms with E-state index < -0.39 is 58.3 Å². The Morgan fingerprint density at radius 1 is 0.897 bits per heavy atom. The molecule has 1 rings (SSSR count). The van der Waals surface area contributed by atoms with Crippen LogP contribution in [0.25, 0.3) is 0 Å². The molecule has 1 aliphatic heterocycles. The number of nitrogens with one attached hydrogen (secondary N) is 1. The zero-order valence-corrected chi connectivity index (χ0v) is 18.4. The van der Waals surface area contributed by atoms with Gasteiger partial charge in [0.25, 0.3) is 3.79 Å². The van der Waals surface area contributed by atoms with Crippen LogP contribution in [0.2, 0.25) is 0 Å². The number of alkyl halides is 3. The van der Waals surface area contributed by atoms with E-state index in [0.717, 1.165) is 13.8 Å². The maximum absolute atomic E-state index is 11.6. The zero-order chi connectivity index (χ0) is 22.4. The van der Waals surface area contributed by atoms with Gasteiger partial charge in [-0.05, 0) is 6.92 Å². The van der Waals surface area contributed by atoms with E-state index in [1.54, 1.807) is 6.92 Å². The second-order valence-corrected chi connectivity index (χ2v) is 8.26. The summed E-state index contributed by atoms with van der Waals surface area (Å²) in [6.45, 7) is 4.99. The van der Waals surface area contributed by atoms with Gasteiger partial charge in [0, 0.05) is 20.8 Å². The first-order chi connectivity index (χ1) is 13.3. The fourth-order valence-corrected chi connectivity index (χ4v) is 2.63. The highest BCUT2D eigenvalue weighted by atomic mass is 35.6. The molecule has 1 N–H and O–H groups in total. The Hall–Kier alpha value is -1.33. The second kappa shape index (κ2) is 11.2. The second-order valence-electron chi connectivity index (χ2n) is 5.98. The standard InChI is InChI=1S/C16H22Cl3NO9/c1-7-11(25-6-5-24-8(2)21)12(27-9(3)22)13(28-10(4)23)14(26-7)29-15(20)16(17,18)19/h7,11-14,20H,5-6H2,1-4H3/t7-,11-,12+,13-,14-/m1/s1. The van der Waals surface area contributed by atoms with Gasteiger partial charge >= 0.3 is 17.9 Å². The number of carbonyl (C=O) groups is 3. The smallest absolute Gasteiger partial charge is 0.303 e. The maximum Gasteiger partial charge on any atom is 0.303 e. The summed E-state index contributed by atoms with van der Waals surface area (Å²) in [5.41, 5.74) is 0. The Labute approximate surface area is 182 Å². The third-order valence-electron chi connectivity index (χ3n) is 3.52. The minimum absolute atomic E-state index is 0.0437. The average Bonchev–Trinajstić information content (AvgIpc) is 2.55. The monoisotopic (exact) mass is 477 g/mol. The Kier molecular flexibility index (Phi) is 9.90. The summed E-state index contributed by atoms with van der Waals surface area (Å²) < 4.78 is 29.6. The lowest BCUT2D eigenvalue weighted by Crippen LogP contribution is -2.61. The number of rotatable bonds is 7. The topological polar surface area (TPSA) is 130 Å². The van der Waals surface area contributed by atoms with E-state index in [4.69, 9.17) is 68.6 Å². The molecule has 10 nitrogen and oxygen atoms in total. The van der Waals surface area contributed by atoms with E-state index in [9.17, 15) is 14.4 Å². The van der Waals surface area contributed by atoms with Gasteiger partial charge in [-0.15, -0.1) is 0 Å². The molecular formula is C16H22Cl3NO9. The van der Waals surface area contributed by atoms with Gasteiger partial charge in [0.1, 0.15) is 12.7 Å². The first-order valence-corrected chi connectivity index (χ1v) is 9.53. The van der Waals surface area contributed by atoms with Crippen LogP contribution in [0.3, 0.4) is 0 Å². The fourth-order valence-electron chi connectivity index (χ4n) is 2.49. The molecule has 166 valence electrons. The van der Waals surface area contributed by atoms with E-state index in [0.29, 0.717) is 0 Å². The molecule has 0 aromatic heterocycles. The quantitative estimate of drug-likeness (QED) is 0.145. The lowest BCUT2D eigenvalue weighted by molar-refractivity contribution is -0.288. The van der Waals surface area contributed by atoms with Crippen molar-refractivity contribution in [2.45, 2.75) is 62.2 Å². The molecule has 29 heavy (non-hydrogen) atoms. The number of ether oxygens (including phenoxy) is 6. The van der Waals surface area contributed by atoms with Crippen LogP contribution in [0.4, 0.5) is 0 Å². The molecule has 1 heterocycles. The average molecular weight is 479 g/mol. The van der Waals surface area contributed by atoms with Crippen LogP contribution in [-0.4, -0.2) is 71.5 Å². The molecule has 5 atom stereocenters. The molecule has 13 heteroatoms. The van der Waals surface area contributed by atoms with Crippen LogP contribution in [0.1, 0.15) is 27.7 Å². The largest absolute Gasteiger partial charge is 0.463 e. The Bertz CT molecular complexity index is 625. The summed E-state index contributed by atoms with van der Waals surface area (Å²) in [6, 6.07) is 0. The van der Waals surface area contributed by atoms with Crippen molar-refractivity contribution in [2.75, 3.05) is 13.2 Å². The normalized spacial score (nSPS) is 26.9. The van der Waals surface area contributed by atoms with E-state index in [-0.39, 0.29) is 13.2 Å². The Balaban J connectivity index is 3.08. The molecule has 1 fully saturated rings. The summed E-state index contributed by atoms with van der Waals surface area (Å²) in [5, 5.41) is 7.72. The number of hydrogen-bond donors (Lipinski definition) is 1. The molecule has 1 aliphatic rings. The van der Waals surface area contributed by atoms with Crippen molar-refractivity contribution in [3.8, 4) is 0 Å². The van der Waals surface area contributed by atoms with Crippen molar-refractivity contribution >= 4 is 58.6 Å². The number of hydrogen-bond acceptors (Lipinski definition) is 10. The predicted octanol–water partition coefficient (Wildman–Crippen LogP) is 1.91. The van der Waals surface area contributed by atoms with Crippen molar-refractivity contribution in [1.29, 1.82) is 5.41 Å². The predicted molar refractivity (Wildman–Crippen MR) is 101 cm³/mol. The minimum Gasteiger partial charge on any atom is -0.463 e. The van der Waals surface area contributed by atoms with Crippen molar-refractivity contribution in [3.63, 3.8) is 0 Å². The van der Waals surface area contributed by atoms with Gasteiger partial charge in [-0.1, -0.05) is 34.8 Å². The van der Waals surface area contributed by atoms with Gasteiger partial charge in [-0.25, -0.2) is 0 Å². The van der Waals surface area contributed by atoms with Crippen molar-refractivity contribution in [2.24, 2.45) is 0 Å². The third-order valence-corrected chi connectivity index (χ3v) is 4.04. The molecule has 0 aromatic rings.